The standard InChI is InChI=1S/C15H11FN2O/c16-11-7-5-10(6-8-11)15-17-13-4-2-1-3-12(13)14(9-19)18-15/h1-9,14H,(H,17,18). The van der Waals surface area contributed by atoms with Crippen LogP contribution in [0.2, 0.25) is 0 Å². The first-order chi connectivity index (χ1) is 9.28. The van der Waals surface area contributed by atoms with E-state index < -0.39 is 6.04 Å². The maximum Gasteiger partial charge on any atom is 0.146 e. The number of aldehydes is 1. The average molecular weight is 254 g/mol. The van der Waals surface area contributed by atoms with Crippen LogP contribution in [0.1, 0.15) is 17.2 Å². The van der Waals surface area contributed by atoms with Crippen LogP contribution in [0.25, 0.3) is 0 Å². The average Bonchev–Trinajstić information content (AvgIpc) is 2.47. The summed E-state index contributed by atoms with van der Waals surface area (Å²) in [5, 5.41) is 3.05. The number of benzene rings is 2. The van der Waals surface area contributed by atoms with Crippen molar-refractivity contribution < 1.29 is 9.18 Å². The predicted octanol–water partition coefficient (Wildman–Crippen LogP) is 2.75. The van der Waals surface area contributed by atoms with Gasteiger partial charge in [-0.05, 0) is 30.3 Å². The molecule has 0 saturated heterocycles. The fourth-order valence-electron chi connectivity index (χ4n) is 2.09. The molecule has 1 atom stereocenters. The number of para-hydroxylation sites is 1. The van der Waals surface area contributed by atoms with Crippen molar-refractivity contribution in [3.63, 3.8) is 0 Å². The lowest BCUT2D eigenvalue weighted by Gasteiger charge is -2.23. The highest BCUT2D eigenvalue weighted by Crippen LogP contribution is 2.29. The van der Waals surface area contributed by atoms with E-state index in [9.17, 15) is 9.18 Å². The van der Waals surface area contributed by atoms with E-state index in [1.165, 1.54) is 12.1 Å². The van der Waals surface area contributed by atoms with Gasteiger partial charge in [-0.25, -0.2) is 9.38 Å². The number of nitrogens with one attached hydrogen (secondary N) is 1. The number of rotatable bonds is 2. The number of aliphatic imine (C=N–C) groups is 1. The molecule has 0 aliphatic carbocycles. The second-order valence-corrected chi connectivity index (χ2v) is 4.28. The van der Waals surface area contributed by atoms with Gasteiger partial charge >= 0.3 is 0 Å². The number of halogens is 1. The van der Waals surface area contributed by atoms with Crippen LogP contribution in [0, 0.1) is 5.82 Å². The van der Waals surface area contributed by atoms with Crippen molar-refractivity contribution >= 4 is 17.8 Å². The topological polar surface area (TPSA) is 41.5 Å². The first-order valence-electron chi connectivity index (χ1n) is 5.93. The molecule has 0 aromatic heterocycles. The lowest BCUT2D eigenvalue weighted by atomic mass is 10.0. The second-order valence-electron chi connectivity index (χ2n) is 4.28. The van der Waals surface area contributed by atoms with E-state index in [0.717, 1.165) is 23.1 Å². The van der Waals surface area contributed by atoms with E-state index in [1.54, 1.807) is 12.1 Å². The Morgan fingerprint density at radius 3 is 2.58 bits per heavy atom. The molecule has 0 fully saturated rings. The monoisotopic (exact) mass is 254 g/mol. The van der Waals surface area contributed by atoms with Crippen LogP contribution >= 0.6 is 0 Å². The van der Waals surface area contributed by atoms with Gasteiger partial charge in [0.25, 0.3) is 0 Å². The maximum atomic E-state index is 12.9. The van der Waals surface area contributed by atoms with Crippen LogP contribution in [-0.4, -0.2) is 12.1 Å². The summed E-state index contributed by atoms with van der Waals surface area (Å²) >= 11 is 0. The summed E-state index contributed by atoms with van der Waals surface area (Å²) in [6.07, 6.45) is 0.844. The first-order valence-corrected chi connectivity index (χ1v) is 5.93. The van der Waals surface area contributed by atoms with Gasteiger partial charge in [0, 0.05) is 11.1 Å². The molecule has 0 spiro atoms. The molecule has 0 bridgehead atoms. The van der Waals surface area contributed by atoms with Crippen molar-refractivity contribution in [3.05, 3.63) is 65.5 Å². The molecule has 0 saturated carbocycles. The third-order valence-corrected chi connectivity index (χ3v) is 3.05. The zero-order valence-electron chi connectivity index (χ0n) is 10.0. The molecular weight excluding hydrogens is 243 g/mol. The van der Waals surface area contributed by atoms with Crippen LogP contribution in [-0.2, 0) is 4.79 Å². The molecule has 1 aliphatic rings. The Morgan fingerprint density at radius 1 is 1.11 bits per heavy atom. The molecule has 1 N–H and O–H groups in total. The van der Waals surface area contributed by atoms with E-state index in [1.807, 2.05) is 24.3 Å². The van der Waals surface area contributed by atoms with Gasteiger partial charge in [0.15, 0.2) is 0 Å². The van der Waals surface area contributed by atoms with E-state index in [-0.39, 0.29) is 5.82 Å². The summed E-state index contributed by atoms with van der Waals surface area (Å²) in [5.41, 5.74) is 2.36. The number of nitrogens with zero attached hydrogens (tertiary/aromatic N) is 1. The molecule has 3 rings (SSSR count). The van der Waals surface area contributed by atoms with Crippen molar-refractivity contribution in [3.8, 4) is 0 Å². The van der Waals surface area contributed by atoms with E-state index >= 15 is 0 Å². The van der Waals surface area contributed by atoms with Crippen molar-refractivity contribution in [2.75, 3.05) is 0 Å². The third-order valence-electron chi connectivity index (χ3n) is 3.05. The van der Waals surface area contributed by atoms with Gasteiger partial charge < -0.3 is 10.1 Å². The highest BCUT2D eigenvalue weighted by atomic mass is 19.1. The zero-order valence-corrected chi connectivity index (χ0v) is 10.0. The molecule has 0 amide bonds. The Labute approximate surface area is 109 Å². The third kappa shape index (κ3) is 2.12. The number of hydrogen-bond acceptors (Lipinski definition) is 3. The van der Waals surface area contributed by atoms with E-state index in [2.05, 4.69) is 10.3 Å². The summed E-state index contributed by atoms with van der Waals surface area (Å²) in [6, 6.07) is 13.1. The van der Waals surface area contributed by atoms with Crippen molar-refractivity contribution in [1.29, 1.82) is 0 Å². The number of carbonyl (C=O) groups is 1. The molecule has 1 aliphatic heterocycles. The van der Waals surface area contributed by atoms with Crippen LogP contribution < -0.4 is 5.32 Å². The Bertz CT molecular complexity index is 649. The van der Waals surface area contributed by atoms with Gasteiger partial charge in [-0.1, -0.05) is 18.2 Å². The number of fused-ring (bicyclic) bond motifs is 1. The number of hydrogen-bond donors (Lipinski definition) is 1. The molecule has 2 aromatic rings. The smallest absolute Gasteiger partial charge is 0.146 e. The molecule has 94 valence electrons. The van der Waals surface area contributed by atoms with Crippen LogP contribution in [0.15, 0.2) is 53.5 Å². The highest BCUT2D eigenvalue weighted by Gasteiger charge is 2.21. The summed E-state index contributed by atoms with van der Waals surface area (Å²) in [6.45, 7) is 0. The minimum absolute atomic E-state index is 0.299. The van der Waals surface area contributed by atoms with E-state index in [0.29, 0.717) is 5.84 Å². The molecule has 2 aromatic carbocycles. The van der Waals surface area contributed by atoms with Gasteiger partial charge in [-0.15, -0.1) is 0 Å². The van der Waals surface area contributed by atoms with Gasteiger partial charge in [0.05, 0.1) is 5.69 Å². The summed E-state index contributed by atoms with van der Waals surface area (Å²) in [5.74, 6) is 0.281. The number of amidine groups is 1. The van der Waals surface area contributed by atoms with Gasteiger partial charge in [0.2, 0.25) is 0 Å². The molecule has 3 nitrogen and oxygen atoms in total. The fourth-order valence-corrected chi connectivity index (χ4v) is 2.09. The SMILES string of the molecule is O=CC1NC(c2ccc(F)cc2)=Nc2ccccc21. The molecule has 4 heteroatoms. The molecule has 0 radical (unpaired) electrons. The summed E-state index contributed by atoms with van der Waals surface area (Å²) in [7, 11) is 0. The maximum absolute atomic E-state index is 12.9. The molecule has 1 heterocycles. The van der Waals surface area contributed by atoms with Crippen LogP contribution in [0.5, 0.6) is 0 Å². The van der Waals surface area contributed by atoms with Crippen molar-refractivity contribution in [1.82, 2.24) is 5.32 Å². The summed E-state index contributed by atoms with van der Waals surface area (Å²) < 4.78 is 12.9. The van der Waals surface area contributed by atoms with Crippen LogP contribution in [0.4, 0.5) is 10.1 Å². The second kappa shape index (κ2) is 4.65. The molecule has 1 unspecified atom stereocenters. The zero-order chi connectivity index (χ0) is 13.2. The van der Waals surface area contributed by atoms with Crippen molar-refractivity contribution in [2.45, 2.75) is 6.04 Å². The van der Waals surface area contributed by atoms with Crippen molar-refractivity contribution in [2.24, 2.45) is 4.99 Å². The lowest BCUT2D eigenvalue weighted by Crippen LogP contribution is -2.32. The van der Waals surface area contributed by atoms with E-state index in [4.69, 9.17) is 0 Å². The van der Waals surface area contributed by atoms with Gasteiger partial charge in [0.1, 0.15) is 24.0 Å². The largest absolute Gasteiger partial charge is 0.356 e. The highest BCUT2D eigenvalue weighted by molar-refractivity contribution is 6.03. The summed E-state index contributed by atoms with van der Waals surface area (Å²) in [4.78, 5) is 15.6. The minimum atomic E-state index is -0.422. The Hall–Kier alpha value is -2.49. The fraction of sp³-hybridized carbons (Fsp3) is 0.0667. The molecular formula is C15H11FN2O. The Kier molecular flexibility index (Phi) is 2.83. The van der Waals surface area contributed by atoms with Gasteiger partial charge in [-0.3, -0.25) is 0 Å². The first kappa shape index (κ1) is 11.6. The quantitative estimate of drug-likeness (QED) is 0.837. The number of carbonyl (C=O) groups excluding carboxylic acids is 1. The normalized spacial score (nSPS) is 17.1. The van der Waals surface area contributed by atoms with Gasteiger partial charge in [-0.2, -0.15) is 0 Å². The predicted molar refractivity (Wildman–Crippen MR) is 71.0 cm³/mol. The molecule has 19 heavy (non-hydrogen) atoms. The van der Waals surface area contributed by atoms with Crippen LogP contribution in [0.3, 0.4) is 0 Å². The minimum Gasteiger partial charge on any atom is -0.356 e. The Morgan fingerprint density at radius 2 is 1.84 bits per heavy atom. The Balaban J connectivity index is 2.07. The lowest BCUT2D eigenvalue weighted by molar-refractivity contribution is -0.109.